The first-order valence-electron chi connectivity index (χ1n) is 20.5. The lowest BCUT2D eigenvalue weighted by Gasteiger charge is -2.59. The van der Waals surface area contributed by atoms with E-state index in [-0.39, 0.29) is 49.2 Å². The zero-order valence-corrected chi connectivity index (χ0v) is 36.7. The third-order valence-electron chi connectivity index (χ3n) is 11.2. The third-order valence-corrected chi connectivity index (χ3v) is 11.2. The molecule has 3 fully saturated rings. The molecular formula is C43H60O18. The lowest BCUT2D eigenvalue weighted by Crippen LogP contribution is -2.76. The molecule has 4 aliphatic rings. The average Bonchev–Trinajstić information content (AvgIpc) is 3.88. The van der Waals surface area contributed by atoms with Crippen LogP contribution in [0.4, 0.5) is 0 Å². The van der Waals surface area contributed by atoms with Gasteiger partial charge in [0.15, 0.2) is 36.6 Å². The molecule has 2 aliphatic heterocycles. The maximum atomic E-state index is 13.8. The van der Waals surface area contributed by atoms with E-state index in [1.54, 1.807) is 27.7 Å². The second-order valence-electron chi connectivity index (χ2n) is 17.7. The average molecular weight is 865 g/mol. The molecule has 0 aromatic rings. The van der Waals surface area contributed by atoms with Crippen LogP contribution in [0.25, 0.3) is 0 Å². The van der Waals surface area contributed by atoms with E-state index in [0.29, 0.717) is 0 Å². The zero-order chi connectivity index (χ0) is 45.8. The molecule has 1 spiro atoms. The van der Waals surface area contributed by atoms with E-state index in [4.69, 9.17) is 42.6 Å². The Labute approximate surface area is 355 Å². The lowest BCUT2D eigenvalue weighted by atomic mass is 9.51. The Morgan fingerprint density at radius 2 is 1.26 bits per heavy atom. The summed E-state index contributed by atoms with van der Waals surface area (Å²) in [5.74, 6) is -10.3. The van der Waals surface area contributed by atoms with Crippen LogP contribution in [0.1, 0.15) is 95.4 Å². The Bertz CT molecular complexity index is 1770. The van der Waals surface area contributed by atoms with E-state index in [2.05, 4.69) is 0 Å². The number of carbonyl (C=O) groups excluding carboxylic acids is 8. The fourth-order valence-corrected chi connectivity index (χ4v) is 8.53. The summed E-state index contributed by atoms with van der Waals surface area (Å²) in [5, 5.41) is 13.1. The summed E-state index contributed by atoms with van der Waals surface area (Å²) >= 11 is 0. The van der Waals surface area contributed by atoms with Gasteiger partial charge in [-0.1, -0.05) is 54.5 Å². The molecule has 0 bridgehead atoms. The van der Waals surface area contributed by atoms with E-state index in [9.17, 15) is 43.5 Å². The quantitative estimate of drug-likeness (QED) is 0.141. The number of fused-ring (bicyclic) bond motifs is 3. The van der Waals surface area contributed by atoms with E-state index in [1.165, 1.54) is 32.1 Å². The molecule has 2 heterocycles. The van der Waals surface area contributed by atoms with Crippen LogP contribution in [-0.2, 0) is 81.0 Å². The van der Waals surface area contributed by atoms with Crippen molar-refractivity contribution in [3.05, 3.63) is 23.8 Å². The second-order valence-corrected chi connectivity index (χ2v) is 17.7. The fourth-order valence-electron chi connectivity index (χ4n) is 8.53. The normalized spacial score (nSPS) is 34.1. The fraction of sp³-hybridized carbons (Fsp3) is 0.721. The Hall–Kier alpha value is -4.84. The van der Waals surface area contributed by atoms with Crippen LogP contribution in [0.2, 0.25) is 0 Å². The lowest BCUT2D eigenvalue weighted by molar-refractivity contribution is -0.279. The van der Waals surface area contributed by atoms with E-state index in [1.807, 2.05) is 13.8 Å². The number of carbonyl (C=O) groups is 8. The molecule has 0 unspecified atom stereocenters. The van der Waals surface area contributed by atoms with Gasteiger partial charge in [0.25, 0.3) is 0 Å². The summed E-state index contributed by atoms with van der Waals surface area (Å²) in [7, 11) is 0. The first-order valence-corrected chi connectivity index (χ1v) is 20.5. The van der Waals surface area contributed by atoms with Gasteiger partial charge in [-0.15, -0.1) is 0 Å². The number of epoxide rings is 1. The minimum absolute atomic E-state index is 0.0156. The van der Waals surface area contributed by atoms with Gasteiger partial charge in [0.1, 0.15) is 24.4 Å². The maximum Gasteiger partial charge on any atom is 0.344 e. The molecule has 2 aliphatic carbocycles. The first kappa shape index (κ1) is 48.8. The van der Waals surface area contributed by atoms with E-state index >= 15 is 0 Å². The third kappa shape index (κ3) is 11.0. The number of hydrogen-bond donors (Lipinski definition) is 1. The van der Waals surface area contributed by atoms with Crippen LogP contribution in [0.3, 0.4) is 0 Å². The molecule has 61 heavy (non-hydrogen) atoms. The molecule has 340 valence electrons. The number of ether oxygens (including phenoxy) is 9. The zero-order valence-electron chi connectivity index (χ0n) is 36.7. The standard InChI is InChI=1S/C43H60O18/c1-21(2)14-31(47)53-18-28-12-13-29(59-34(50)19-54-32(48)15-22(3)4)41(11)36(39(58-27(10)46)43(52)24(7)40(51)60-30(43)17-28)42(20-55-42)38(61-33(49)16-23(5)6)35(56-25(8)44)37(41)57-26(9)45/h12-13,17,21-24,29-30,35-39,52H,14-16,18-20H2,1-11H3/b13-12-,28-17+/t24-,29-,30-,35+,36+,37-,38+,39-,41+,42-,43-/m0/s1. The molecule has 0 radical (unpaired) electrons. The molecule has 0 aromatic carbocycles. The van der Waals surface area contributed by atoms with Gasteiger partial charge in [0.2, 0.25) is 0 Å². The van der Waals surface area contributed by atoms with Crippen molar-refractivity contribution in [1.29, 1.82) is 0 Å². The maximum absolute atomic E-state index is 13.8. The van der Waals surface area contributed by atoms with Gasteiger partial charge >= 0.3 is 47.8 Å². The van der Waals surface area contributed by atoms with Crippen molar-refractivity contribution >= 4 is 47.8 Å². The highest BCUT2D eigenvalue weighted by molar-refractivity contribution is 5.79. The molecule has 2 saturated heterocycles. The summed E-state index contributed by atoms with van der Waals surface area (Å²) in [6.07, 6.45) is -6.36. The predicted molar refractivity (Wildman–Crippen MR) is 208 cm³/mol. The Morgan fingerprint density at radius 1 is 0.738 bits per heavy atom. The van der Waals surface area contributed by atoms with Crippen molar-refractivity contribution in [3.63, 3.8) is 0 Å². The number of rotatable bonds is 15. The van der Waals surface area contributed by atoms with Gasteiger partial charge in [-0.2, -0.15) is 0 Å². The van der Waals surface area contributed by atoms with Crippen LogP contribution in [0, 0.1) is 35.0 Å². The Balaban J connectivity index is 2.10. The summed E-state index contributed by atoms with van der Waals surface area (Å²) in [6, 6.07) is 0. The molecule has 18 heteroatoms. The molecule has 4 rings (SSSR count). The van der Waals surface area contributed by atoms with Crippen LogP contribution >= 0.6 is 0 Å². The minimum atomic E-state index is -2.52. The Kier molecular flexibility index (Phi) is 15.6. The van der Waals surface area contributed by atoms with Gasteiger partial charge in [-0.05, 0) is 42.4 Å². The smallest absolute Gasteiger partial charge is 0.344 e. The molecular weight excluding hydrogens is 804 g/mol. The van der Waals surface area contributed by atoms with E-state index in [0.717, 1.165) is 20.8 Å². The van der Waals surface area contributed by atoms with Gasteiger partial charge in [0, 0.05) is 46.0 Å². The molecule has 11 atom stereocenters. The number of aliphatic hydroxyl groups is 1. The Morgan fingerprint density at radius 3 is 1.79 bits per heavy atom. The van der Waals surface area contributed by atoms with Crippen LogP contribution in [0.5, 0.6) is 0 Å². The van der Waals surface area contributed by atoms with Gasteiger partial charge in [-0.3, -0.25) is 33.6 Å². The molecule has 1 N–H and O–H groups in total. The highest BCUT2D eigenvalue weighted by atomic mass is 16.7. The van der Waals surface area contributed by atoms with E-state index < -0.39 is 126 Å². The monoisotopic (exact) mass is 864 g/mol. The highest BCUT2D eigenvalue weighted by Crippen LogP contribution is 2.63. The highest BCUT2D eigenvalue weighted by Gasteiger charge is 2.81. The summed E-state index contributed by atoms with van der Waals surface area (Å²) in [4.78, 5) is 106. The number of hydrogen-bond acceptors (Lipinski definition) is 18. The van der Waals surface area contributed by atoms with Crippen LogP contribution < -0.4 is 0 Å². The van der Waals surface area contributed by atoms with Crippen molar-refractivity contribution in [3.8, 4) is 0 Å². The minimum Gasteiger partial charge on any atom is -0.461 e. The first-order chi connectivity index (χ1) is 28.4. The summed E-state index contributed by atoms with van der Waals surface area (Å²) in [6.45, 7) is 15.0. The van der Waals surface area contributed by atoms with Crippen molar-refractivity contribution in [2.75, 3.05) is 19.8 Å². The van der Waals surface area contributed by atoms with Crippen molar-refractivity contribution in [2.24, 2.45) is 35.0 Å². The van der Waals surface area contributed by atoms with Crippen molar-refractivity contribution in [2.45, 2.75) is 143 Å². The molecule has 1 saturated carbocycles. The molecule has 0 amide bonds. The summed E-state index contributed by atoms with van der Waals surface area (Å²) < 4.78 is 52.9. The van der Waals surface area contributed by atoms with Crippen LogP contribution in [-0.4, -0.2) is 121 Å². The van der Waals surface area contributed by atoms with Gasteiger partial charge < -0.3 is 47.7 Å². The SMILES string of the molecule is CC(=O)O[C@H]1[C@@H](OC(=O)CC(C)C)[C@]2(CO2)[C@@H]2[C@H](OC(C)=O)[C@@]3(O)[C@H](/C=C(COC(=O)CC(C)C)\C=C/[C@H](OC(=O)COC(=O)CC(C)C)[C@@]2(C)[C@H]1OC(C)=O)OC(=O)[C@@H]3C. The summed E-state index contributed by atoms with van der Waals surface area (Å²) in [5.41, 5.74) is -6.33. The molecule has 0 aromatic heterocycles. The topological polar surface area (TPSA) is 243 Å². The second kappa shape index (κ2) is 19.5. The van der Waals surface area contributed by atoms with Crippen molar-refractivity contribution < 1.29 is 86.1 Å². The number of esters is 8. The van der Waals surface area contributed by atoms with Crippen LogP contribution in [0.15, 0.2) is 23.8 Å². The van der Waals surface area contributed by atoms with Gasteiger partial charge in [-0.25, -0.2) is 4.79 Å². The van der Waals surface area contributed by atoms with Gasteiger partial charge in [0.05, 0.1) is 17.9 Å². The van der Waals surface area contributed by atoms with Crippen molar-refractivity contribution in [1.82, 2.24) is 0 Å². The molecule has 18 nitrogen and oxygen atoms in total. The largest absolute Gasteiger partial charge is 0.461 e. The predicted octanol–water partition coefficient (Wildman–Crippen LogP) is 3.02.